The first-order valence-electron chi connectivity index (χ1n) is 8.44. The lowest BCUT2D eigenvalue weighted by atomic mass is 10.3. The summed E-state index contributed by atoms with van der Waals surface area (Å²) in [5.41, 5.74) is 0.515. The van der Waals surface area contributed by atoms with Gasteiger partial charge in [-0.25, -0.2) is 0 Å². The van der Waals surface area contributed by atoms with Crippen molar-refractivity contribution in [1.29, 1.82) is 0 Å². The summed E-state index contributed by atoms with van der Waals surface area (Å²) in [6.07, 6.45) is 1.68. The Morgan fingerprint density at radius 1 is 1.30 bits per heavy atom. The number of hydrogen-bond donors (Lipinski definition) is 1. The molecule has 3 rings (SSSR count). The topological polar surface area (TPSA) is 69.0 Å². The van der Waals surface area contributed by atoms with Crippen LogP contribution in [0.15, 0.2) is 64.4 Å². The third kappa shape index (κ3) is 4.99. The molecule has 0 fully saturated rings. The number of allylic oxidation sites excluding steroid dienone is 1. The summed E-state index contributed by atoms with van der Waals surface area (Å²) < 4.78 is 7.00. The Labute approximate surface area is 165 Å². The third-order valence-corrected chi connectivity index (χ3v) is 5.65. The van der Waals surface area contributed by atoms with E-state index in [0.29, 0.717) is 18.3 Å². The van der Waals surface area contributed by atoms with Gasteiger partial charge in [-0.15, -0.1) is 28.1 Å². The van der Waals surface area contributed by atoms with E-state index in [2.05, 4.69) is 28.2 Å². The summed E-state index contributed by atoms with van der Waals surface area (Å²) in [4.78, 5) is 14.0. The third-order valence-electron chi connectivity index (χ3n) is 3.58. The molecule has 0 spiro atoms. The number of hydrogen-bond acceptors (Lipinski definition) is 7. The van der Waals surface area contributed by atoms with E-state index in [4.69, 9.17) is 4.74 Å². The van der Waals surface area contributed by atoms with Crippen LogP contribution < -0.4 is 15.6 Å². The number of aromatic nitrogens is 3. The molecule has 0 aliphatic carbocycles. The molecule has 0 bridgehead atoms. The maximum absolute atomic E-state index is 12.8. The molecule has 1 aromatic carbocycles. The lowest BCUT2D eigenvalue weighted by Gasteiger charge is -2.11. The molecule has 2 heterocycles. The molecule has 0 saturated heterocycles. The van der Waals surface area contributed by atoms with Crippen LogP contribution in [0.5, 0.6) is 5.75 Å². The van der Waals surface area contributed by atoms with Crippen LogP contribution in [-0.4, -0.2) is 21.4 Å². The second-order valence-corrected chi connectivity index (χ2v) is 7.46. The van der Waals surface area contributed by atoms with Gasteiger partial charge in [0.2, 0.25) is 5.82 Å². The van der Waals surface area contributed by atoms with Gasteiger partial charge in [0.1, 0.15) is 5.75 Å². The van der Waals surface area contributed by atoms with Crippen molar-refractivity contribution in [1.82, 2.24) is 14.8 Å². The Kier molecular flexibility index (Phi) is 6.67. The van der Waals surface area contributed by atoms with E-state index in [-0.39, 0.29) is 11.4 Å². The molecule has 27 heavy (non-hydrogen) atoms. The van der Waals surface area contributed by atoms with Gasteiger partial charge >= 0.3 is 0 Å². The van der Waals surface area contributed by atoms with Crippen LogP contribution in [0.1, 0.15) is 11.8 Å². The smallest absolute Gasteiger partial charge is 0.297 e. The van der Waals surface area contributed by atoms with Gasteiger partial charge in [-0.3, -0.25) is 9.36 Å². The Hall–Kier alpha value is -2.58. The van der Waals surface area contributed by atoms with Gasteiger partial charge in [0, 0.05) is 22.9 Å². The number of rotatable bonds is 9. The van der Waals surface area contributed by atoms with Crippen LogP contribution in [0.25, 0.3) is 0 Å². The van der Waals surface area contributed by atoms with Gasteiger partial charge in [-0.2, -0.15) is 0 Å². The first-order valence-corrected chi connectivity index (χ1v) is 10.3. The molecular weight excluding hydrogens is 380 g/mol. The van der Waals surface area contributed by atoms with Gasteiger partial charge in [0.15, 0.2) is 5.16 Å². The maximum Gasteiger partial charge on any atom is 0.297 e. The highest BCUT2D eigenvalue weighted by Crippen LogP contribution is 2.23. The highest BCUT2D eigenvalue weighted by Gasteiger charge is 2.12. The predicted octanol–water partition coefficient (Wildman–Crippen LogP) is 4.32. The summed E-state index contributed by atoms with van der Waals surface area (Å²) in [5.74, 6) is 1.70. The van der Waals surface area contributed by atoms with Crippen molar-refractivity contribution in [3.05, 3.63) is 69.7 Å². The highest BCUT2D eigenvalue weighted by atomic mass is 32.2. The quantitative estimate of drug-likeness (QED) is 0.426. The predicted molar refractivity (Wildman–Crippen MR) is 111 cm³/mol. The molecule has 0 atom stereocenters. The van der Waals surface area contributed by atoms with E-state index in [0.717, 1.165) is 17.2 Å². The Morgan fingerprint density at radius 2 is 2.11 bits per heavy atom. The number of nitrogens with zero attached hydrogens (tertiary/aromatic N) is 3. The molecule has 1 N–H and O–H groups in total. The van der Waals surface area contributed by atoms with E-state index in [1.54, 1.807) is 22.0 Å². The Bertz CT molecular complexity index is 937. The monoisotopic (exact) mass is 400 g/mol. The van der Waals surface area contributed by atoms with Crippen molar-refractivity contribution in [2.75, 3.05) is 11.9 Å². The minimum atomic E-state index is -0.229. The Balaban J connectivity index is 1.80. The molecule has 0 saturated carbocycles. The molecule has 0 aliphatic heterocycles. The van der Waals surface area contributed by atoms with Crippen LogP contribution in [0.3, 0.4) is 0 Å². The molecule has 3 aromatic rings. The molecule has 8 heteroatoms. The summed E-state index contributed by atoms with van der Waals surface area (Å²) >= 11 is 3.16. The lowest BCUT2D eigenvalue weighted by molar-refractivity contribution is 0.340. The maximum atomic E-state index is 12.8. The first-order chi connectivity index (χ1) is 13.2. The molecule has 6 nitrogen and oxygen atoms in total. The second-order valence-electron chi connectivity index (χ2n) is 5.49. The molecule has 0 amide bonds. The fraction of sp³-hybridized carbons (Fsp3) is 0.211. The number of nitrogens with one attached hydrogen (secondary N) is 1. The minimum absolute atomic E-state index is 0.182. The van der Waals surface area contributed by atoms with Gasteiger partial charge in [-0.1, -0.05) is 23.9 Å². The van der Waals surface area contributed by atoms with Crippen molar-refractivity contribution < 1.29 is 4.74 Å². The average Bonchev–Trinajstić information content (AvgIpc) is 3.20. The summed E-state index contributed by atoms with van der Waals surface area (Å²) in [7, 11) is 0. The number of anilines is 2. The van der Waals surface area contributed by atoms with Gasteiger partial charge < -0.3 is 10.1 Å². The fourth-order valence-electron chi connectivity index (χ4n) is 2.35. The van der Waals surface area contributed by atoms with E-state index in [1.807, 2.05) is 42.6 Å². The number of ether oxygens (including phenoxy) is 1. The van der Waals surface area contributed by atoms with Crippen LogP contribution in [0, 0.1) is 0 Å². The zero-order valence-corrected chi connectivity index (χ0v) is 16.6. The summed E-state index contributed by atoms with van der Waals surface area (Å²) in [5, 5.41) is 14.0. The lowest BCUT2D eigenvalue weighted by Crippen LogP contribution is -2.26. The molecular formula is C19H20N4O2S2. The minimum Gasteiger partial charge on any atom is -0.494 e. The summed E-state index contributed by atoms with van der Waals surface area (Å²) in [6.45, 7) is 6.65. The zero-order valence-electron chi connectivity index (χ0n) is 14.9. The molecule has 140 valence electrons. The van der Waals surface area contributed by atoms with Crippen LogP contribution >= 0.6 is 23.1 Å². The molecule has 0 aliphatic rings. The largest absolute Gasteiger partial charge is 0.494 e. The van der Waals surface area contributed by atoms with Gasteiger partial charge in [-0.05, 0) is 42.6 Å². The van der Waals surface area contributed by atoms with Crippen LogP contribution in [-0.2, 0) is 12.3 Å². The highest BCUT2D eigenvalue weighted by molar-refractivity contribution is 7.98. The fourth-order valence-corrected chi connectivity index (χ4v) is 4.07. The normalized spacial score (nSPS) is 10.6. The van der Waals surface area contributed by atoms with Gasteiger partial charge in [0.05, 0.1) is 6.61 Å². The first kappa shape index (κ1) is 19.2. The van der Waals surface area contributed by atoms with E-state index in [9.17, 15) is 4.79 Å². The van der Waals surface area contributed by atoms with Crippen LogP contribution in [0.2, 0.25) is 0 Å². The number of thiophene rings is 1. The standard InChI is InChI=1S/C19H20N4O2S2/c1-3-11-23-18(24)17(20-14-7-9-15(10-8-14)25-4-2)21-22-19(23)27-13-16-6-5-12-26-16/h3,5-10,12H,1,4,11,13H2,2H3,(H,20,21). The van der Waals surface area contributed by atoms with Crippen LogP contribution in [0.4, 0.5) is 11.5 Å². The van der Waals surface area contributed by atoms with Crippen molar-refractivity contribution in [3.8, 4) is 5.75 Å². The van der Waals surface area contributed by atoms with Crippen molar-refractivity contribution in [2.24, 2.45) is 0 Å². The van der Waals surface area contributed by atoms with Gasteiger partial charge in [0.25, 0.3) is 5.56 Å². The van der Waals surface area contributed by atoms with E-state index in [1.165, 1.54) is 16.6 Å². The van der Waals surface area contributed by atoms with Crippen molar-refractivity contribution >= 4 is 34.6 Å². The van der Waals surface area contributed by atoms with Crippen molar-refractivity contribution in [3.63, 3.8) is 0 Å². The van der Waals surface area contributed by atoms with E-state index < -0.39 is 0 Å². The average molecular weight is 401 g/mol. The number of benzene rings is 1. The molecule has 0 unspecified atom stereocenters. The van der Waals surface area contributed by atoms with Crippen molar-refractivity contribution in [2.45, 2.75) is 24.4 Å². The SMILES string of the molecule is C=CCn1c(SCc2cccs2)nnc(Nc2ccc(OCC)cc2)c1=O. The summed E-state index contributed by atoms with van der Waals surface area (Å²) in [6, 6.07) is 11.4. The number of thioether (sulfide) groups is 1. The van der Waals surface area contributed by atoms with E-state index >= 15 is 0 Å². The molecule has 2 aromatic heterocycles. The second kappa shape index (κ2) is 9.38. The zero-order chi connectivity index (χ0) is 19.1. The molecule has 0 radical (unpaired) electrons. The Morgan fingerprint density at radius 3 is 2.78 bits per heavy atom.